The topological polar surface area (TPSA) is 78.1 Å². The van der Waals surface area contributed by atoms with Gasteiger partial charge in [-0.05, 0) is 25.0 Å². The third-order valence-corrected chi connectivity index (χ3v) is 5.12. The molecule has 1 saturated carbocycles. The van der Waals surface area contributed by atoms with Gasteiger partial charge in [-0.2, -0.15) is 5.26 Å². The standard InChI is InChI=1S/C20H23N5O/c1-26-17-10-6-7-14(11-17)18-20(23-16-8-4-2-3-5-9-16)25-19(24-18)15(12-21)13-22-25/h6-7,10-11,13,16,22-23H,2-5,8-9H2,1H3. The van der Waals surface area contributed by atoms with Crippen molar-refractivity contribution < 1.29 is 4.74 Å². The molecule has 0 unspecified atom stereocenters. The van der Waals surface area contributed by atoms with E-state index in [4.69, 9.17) is 9.72 Å². The SMILES string of the molecule is COc1cccc(-c2nc3c(C#N)c[nH]n3c2NC2CCCCCC2)c1. The van der Waals surface area contributed by atoms with Gasteiger partial charge in [0, 0.05) is 17.8 Å². The number of aromatic nitrogens is 3. The van der Waals surface area contributed by atoms with Crippen LogP contribution in [0.1, 0.15) is 44.1 Å². The second-order valence-electron chi connectivity index (χ2n) is 6.83. The largest absolute Gasteiger partial charge is 0.497 e. The van der Waals surface area contributed by atoms with Crippen molar-refractivity contribution in [2.75, 3.05) is 12.4 Å². The van der Waals surface area contributed by atoms with Crippen LogP contribution in [0, 0.1) is 11.3 Å². The van der Waals surface area contributed by atoms with Gasteiger partial charge >= 0.3 is 0 Å². The summed E-state index contributed by atoms with van der Waals surface area (Å²) in [5.41, 5.74) is 3.02. The van der Waals surface area contributed by atoms with Crippen molar-refractivity contribution in [1.29, 1.82) is 5.26 Å². The molecule has 0 spiro atoms. The van der Waals surface area contributed by atoms with Gasteiger partial charge in [0.05, 0.1) is 7.11 Å². The Morgan fingerprint density at radius 1 is 1.27 bits per heavy atom. The minimum Gasteiger partial charge on any atom is -0.497 e. The van der Waals surface area contributed by atoms with Crippen LogP contribution in [-0.4, -0.2) is 27.7 Å². The maximum absolute atomic E-state index is 9.37. The maximum atomic E-state index is 9.37. The molecule has 2 N–H and O–H groups in total. The number of aromatic amines is 1. The van der Waals surface area contributed by atoms with Gasteiger partial charge in [0.15, 0.2) is 11.5 Å². The molecule has 3 aromatic rings. The van der Waals surface area contributed by atoms with Crippen LogP contribution in [0.2, 0.25) is 0 Å². The van der Waals surface area contributed by atoms with E-state index in [1.54, 1.807) is 13.3 Å². The van der Waals surface area contributed by atoms with Crippen LogP contribution in [0.5, 0.6) is 5.75 Å². The summed E-state index contributed by atoms with van der Waals surface area (Å²) in [6.07, 6.45) is 9.15. The third kappa shape index (κ3) is 3.01. The van der Waals surface area contributed by atoms with E-state index >= 15 is 0 Å². The summed E-state index contributed by atoms with van der Waals surface area (Å²) in [7, 11) is 1.66. The molecule has 26 heavy (non-hydrogen) atoms. The molecule has 4 rings (SSSR count). The van der Waals surface area contributed by atoms with Crippen molar-refractivity contribution in [2.24, 2.45) is 0 Å². The zero-order chi connectivity index (χ0) is 17.9. The van der Waals surface area contributed by atoms with Crippen LogP contribution in [0.25, 0.3) is 16.9 Å². The molecule has 1 aromatic carbocycles. The molecule has 1 aliphatic carbocycles. The van der Waals surface area contributed by atoms with Crippen LogP contribution in [0.15, 0.2) is 30.5 Å². The Hall–Kier alpha value is -2.94. The Bertz CT molecular complexity index is 941. The van der Waals surface area contributed by atoms with Crippen LogP contribution in [0.3, 0.4) is 0 Å². The zero-order valence-corrected chi connectivity index (χ0v) is 15.0. The molecular formula is C20H23N5O. The molecule has 0 bridgehead atoms. The number of nitriles is 1. The summed E-state index contributed by atoms with van der Waals surface area (Å²) in [6, 6.07) is 10.5. The van der Waals surface area contributed by atoms with Crippen molar-refractivity contribution in [1.82, 2.24) is 14.6 Å². The molecule has 1 fully saturated rings. The highest BCUT2D eigenvalue weighted by molar-refractivity contribution is 5.78. The van der Waals surface area contributed by atoms with Gasteiger partial charge in [-0.15, -0.1) is 0 Å². The third-order valence-electron chi connectivity index (χ3n) is 5.12. The Balaban J connectivity index is 1.80. The summed E-state index contributed by atoms with van der Waals surface area (Å²) >= 11 is 0. The first-order valence-electron chi connectivity index (χ1n) is 9.21. The van der Waals surface area contributed by atoms with Crippen molar-refractivity contribution in [3.8, 4) is 23.1 Å². The zero-order valence-electron chi connectivity index (χ0n) is 15.0. The van der Waals surface area contributed by atoms with Crippen molar-refractivity contribution in [3.63, 3.8) is 0 Å². The average Bonchev–Trinajstić information content (AvgIpc) is 3.12. The normalized spacial score (nSPS) is 15.5. The van der Waals surface area contributed by atoms with Crippen LogP contribution >= 0.6 is 0 Å². The summed E-state index contributed by atoms with van der Waals surface area (Å²) in [6.45, 7) is 0. The van der Waals surface area contributed by atoms with Gasteiger partial charge in [-0.1, -0.05) is 37.8 Å². The number of imidazole rings is 1. The first-order valence-corrected chi connectivity index (χ1v) is 9.21. The first-order chi connectivity index (χ1) is 12.8. The Kier molecular flexibility index (Phi) is 4.53. The molecule has 0 atom stereocenters. The van der Waals surface area contributed by atoms with Gasteiger partial charge < -0.3 is 10.1 Å². The molecule has 0 radical (unpaired) electrons. The molecule has 6 nitrogen and oxygen atoms in total. The number of fused-ring (bicyclic) bond motifs is 1. The maximum Gasteiger partial charge on any atom is 0.173 e. The van der Waals surface area contributed by atoms with E-state index in [2.05, 4.69) is 16.5 Å². The number of hydrogen-bond donors (Lipinski definition) is 2. The molecule has 0 aliphatic heterocycles. The van der Waals surface area contributed by atoms with E-state index < -0.39 is 0 Å². The summed E-state index contributed by atoms with van der Waals surface area (Å²) in [5, 5.41) is 16.2. The van der Waals surface area contributed by atoms with E-state index in [1.165, 1.54) is 25.7 Å². The minimum atomic E-state index is 0.426. The minimum absolute atomic E-state index is 0.426. The molecule has 2 heterocycles. The number of rotatable bonds is 4. The monoisotopic (exact) mass is 349 g/mol. The first kappa shape index (κ1) is 16.5. The number of benzene rings is 1. The van der Waals surface area contributed by atoms with E-state index in [1.807, 2.05) is 28.8 Å². The molecular weight excluding hydrogens is 326 g/mol. The van der Waals surface area contributed by atoms with Crippen molar-refractivity contribution in [3.05, 3.63) is 36.0 Å². The fraction of sp³-hybridized carbons (Fsp3) is 0.400. The average molecular weight is 349 g/mol. The second kappa shape index (κ2) is 7.12. The lowest BCUT2D eigenvalue weighted by Gasteiger charge is -2.18. The van der Waals surface area contributed by atoms with Gasteiger partial charge in [0.25, 0.3) is 0 Å². The van der Waals surface area contributed by atoms with Crippen LogP contribution in [-0.2, 0) is 0 Å². The van der Waals surface area contributed by atoms with Crippen LogP contribution in [0.4, 0.5) is 5.82 Å². The number of hydrogen-bond acceptors (Lipinski definition) is 4. The lowest BCUT2D eigenvalue weighted by molar-refractivity contribution is 0.415. The lowest BCUT2D eigenvalue weighted by atomic mass is 10.1. The number of anilines is 1. The van der Waals surface area contributed by atoms with E-state index in [0.29, 0.717) is 17.3 Å². The summed E-state index contributed by atoms with van der Waals surface area (Å²) in [5.74, 6) is 1.71. The number of nitrogens with zero attached hydrogens (tertiary/aromatic N) is 3. The second-order valence-corrected chi connectivity index (χ2v) is 6.83. The van der Waals surface area contributed by atoms with Crippen molar-refractivity contribution >= 4 is 11.5 Å². The Morgan fingerprint density at radius 3 is 2.81 bits per heavy atom. The number of methoxy groups -OCH3 is 1. The molecule has 0 saturated heterocycles. The highest BCUT2D eigenvalue weighted by Crippen LogP contribution is 2.33. The van der Waals surface area contributed by atoms with Crippen molar-refractivity contribution in [2.45, 2.75) is 44.6 Å². The van der Waals surface area contributed by atoms with E-state index in [-0.39, 0.29) is 0 Å². The number of H-pyrrole nitrogens is 1. The number of ether oxygens (including phenoxy) is 1. The fourth-order valence-corrected chi connectivity index (χ4v) is 3.72. The summed E-state index contributed by atoms with van der Waals surface area (Å²) in [4.78, 5) is 4.77. The molecule has 0 amide bonds. The van der Waals surface area contributed by atoms with Gasteiger partial charge in [0.1, 0.15) is 23.1 Å². The van der Waals surface area contributed by atoms with Gasteiger partial charge in [-0.3, -0.25) is 5.10 Å². The predicted octanol–water partition coefficient (Wildman–Crippen LogP) is 4.34. The van der Waals surface area contributed by atoms with Gasteiger partial charge in [-0.25, -0.2) is 9.50 Å². The van der Waals surface area contributed by atoms with E-state index in [9.17, 15) is 5.26 Å². The Labute approximate surface area is 152 Å². The molecule has 2 aromatic heterocycles. The molecule has 134 valence electrons. The lowest BCUT2D eigenvalue weighted by Crippen LogP contribution is -2.20. The van der Waals surface area contributed by atoms with Gasteiger partial charge in [0.2, 0.25) is 0 Å². The fourth-order valence-electron chi connectivity index (χ4n) is 3.72. The highest BCUT2D eigenvalue weighted by Gasteiger charge is 2.21. The number of nitrogens with one attached hydrogen (secondary N) is 2. The van der Waals surface area contributed by atoms with E-state index in [0.717, 1.165) is 35.7 Å². The Morgan fingerprint density at radius 2 is 2.08 bits per heavy atom. The quantitative estimate of drug-likeness (QED) is 0.687. The predicted molar refractivity (Wildman–Crippen MR) is 101 cm³/mol. The smallest absolute Gasteiger partial charge is 0.173 e. The molecule has 1 aliphatic rings. The van der Waals surface area contributed by atoms with Crippen LogP contribution < -0.4 is 10.1 Å². The summed E-state index contributed by atoms with van der Waals surface area (Å²) < 4.78 is 7.26. The highest BCUT2D eigenvalue weighted by atomic mass is 16.5. The molecule has 6 heteroatoms.